The van der Waals surface area contributed by atoms with E-state index in [1.54, 1.807) is 18.2 Å². The summed E-state index contributed by atoms with van der Waals surface area (Å²) in [5.41, 5.74) is 0. The van der Waals surface area contributed by atoms with E-state index in [0.29, 0.717) is 10.8 Å². The number of carboxylic acids is 1. The molecule has 0 bridgehead atoms. The summed E-state index contributed by atoms with van der Waals surface area (Å²) in [6.07, 6.45) is 0. The molecule has 0 saturated heterocycles. The number of sulfonamides is 1. The Morgan fingerprint density at radius 2 is 1.87 bits per heavy atom. The highest BCUT2D eigenvalue weighted by Gasteiger charge is 2.22. The third kappa shape index (κ3) is 2.77. The van der Waals surface area contributed by atoms with Gasteiger partial charge in [0.25, 0.3) is 0 Å². The van der Waals surface area contributed by atoms with Crippen molar-refractivity contribution in [1.82, 2.24) is 4.31 Å². The molecule has 0 aliphatic heterocycles. The molecular formula is C9H10NO4S. The van der Waals surface area contributed by atoms with Crippen molar-refractivity contribution < 1.29 is 18.3 Å². The van der Waals surface area contributed by atoms with Gasteiger partial charge in [0.05, 0.1) is 4.90 Å². The highest BCUT2D eigenvalue weighted by molar-refractivity contribution is 7.89. The van der Waals surface area contributed by atoms with Crippen LogP contribution in [0.3, 0.4) is 0 Å². The Bertz CT molecular complexity index is 440. The first kappa shape index (κ1) is 11.7. The Morgan fingerprint density at radius 3 is 2.33 bits per heavy atom. The predicted octanol–water partition coefficient (Wildman–Crippen LogP) is 0.553. The zero-order chi connectivity index (χ0) is 11.5. The molecule has 81 valence electrons. The summed E-state index contributed by atoms with van der Waals surface area (Å²) >= 11 is 0. The molecule has 0 atom stereocenters. The Morgan fingerprint density at radius 1 is 1.33 bits per heavy atom. The summed E-state index contributed by atoms with van der Waals surface area (Å²) in [7, 11) is -2.56. The maximum absolute atomic E-state index is 11.7. The molecule has 0 aromatic heterocycles. The van der Waals surface area contributed by atoms with E-state index in [9.17, 15) is 13.2 Å². The van der Waals surface area contributed by atoms with E-state index < -0.39 is 16.0 Å². The quantitative estimate of drug-likeness (QED) is 0.816. The summed E-state index contributed by atoms with van der Waals surface area (Å²) in [5, 5.41) is 8.43. The number of rotatable bonds is 4. The Labute approximate surface area is 88.0 Å². The lowest BCUT2D eigenvalue weighted by Crippen LogP contribution is -2.27. The molecule has 0 aliphatic carbocycles. The Balaban J connectivity index is 2.99. The number of carbonyl (C=O) groups is 1. The van der Waals surface area contributed by atoms with Crippen LogP contribution in [-0.4, -0.2) is 30.8 Å². The van der Waals surface area contributed by atoms with Crippen LogP contribution in [0.15, 0.2) is 35.2 Å². The van der Waals surface area contributed by atoms with Crippen molar-refractivity contribution in [2.75, 3.05) is 7.05 Å². The summed E-state index contributed by atoms with van der Waals surface area (Å²) in [5.74, 6) is -1.31. The topological polar surface area (TPSA) is 74.7 Å². The summed E-state index contributed by atoms with van der Waals surface area (Å²) in [4.78, 5) is 10.4. The number of hydrogen-bond donors (Lipinski definition) is 1. The fraction of sp³-hybridized carbons (Fsp3) is 0.111. The second-order valence-electron chi connectivity index (χ2n) is 2.80. The summed E-state index contributed by atoms with van der Waals surface area (Å²) in [6, 6.07) is 7.63. The maximum Gasteiger partial charge on any atom is 0.324 e. The van der Waals surface area contributed by atoms with E-state index in [1.165, 1.54) is 19.2 Å². The van der Waals surface area contributed by atoms with Crippen LogP contribution in [0.2, 0.25) is 0 Å². The van der Waals surface area contributed by atoms with Crippen LogP contribution in [0.5, 0.6) is 0 Å². The van der Waals surface area contributed by atoms with Crippen LogP contribution in [0.4, 0.5) is 0 Å². The van der Waals surface area contributed by atoms with Gasteiger partial charge in [-0.25, -0.2) is 8.42 Å². The van der Waals surface area contributed by atoms with Crippen LogP contribution in [-0.2, 0) is 14.8 Å². The number of carboxylic acid groups (broad SMARTS) is 1. The van der Waals surface area contributed by atoms with Gasteiger partial charge in [0.15, 0.2) is 0 Å². The predicted molar refractivity (Wildman–Crippen MR) is 53.3 cm³/mol. The van der Waals surface area contributed by atoms with E-state index >= 15 is 0 Å². The van der Waals surface area contributed by atoms with E-state index in [1.807, 2.05) is 0 Å². The molecule has 0 aliphatic rings. The van der Waals surface area contributed by atoms with Gasteiger partial charge in [-0.15, -0.1) is 0 Å². The minimum Gasteiger partial charge on any atom is -0.480 e. The summed E-state index contributed by atoms with van der Waals surface area (Å²) < 4.78 is 24.1. The molecule has 1 N–H and O–H groups in total. The molecule has 0 fully saturated rings. The van der Waals surface area contributed by atoms with Crippen LogP contribution in [0.1, 0.15) is 0 Å². The second-order valence-corrected chi connectivity index (χ2v) is 4.80. The van der Waals surface area contributed by atoms with Crippen molar-refractivity contribution in [2.24, 2.45) is 0 Å². The zero-order valence-electron chi connectivity index (χ0n) is 7.99. The van der Waals surface area contributed by atoms with E-state index in [-0.39, 0.29) is 4.90 Å². The molecule has 1 rings (SSSR count). The molecule has 0 amide bonds. The van der Waals surface area contributed by atoms with Crippen molar-refractivity contribution >= 4 is 16.0 Å². The first-order valence-corrected chi connectivity index (χ1v) is 5.49. The Kier molecular flexibility index (Phi) is 3.43. The molecule has 6 heteroatoms. The van der Waals surface area contributed by atoms with Crippen LogP contribution >= 0.6 is 0 Å². The van der Waals surface area contributed by atoms with E-state index in [2.05, 4.69) is 0 Å². The third-order valence-electron chi connectivity index (χ3n) is 1.71. The summed E-state index contributed by atoms with van der Waals surface area (Å²) in [6.45, 7) is 0.600. The molecule has 1 radical (unpaired) electrons. The minimum atomic E-state index is -3.74. The normalized spacial score (nSPS) is 11.6. The van der Waals surface area contributed by atoms with Crippen LogP contribution in [0, 0.1) is 6.54 Å². The zero-order valence-corrected chi connectivity index (χ0v) is 8.81. The van der Waals surface area contributed by atoms with E-state index in [0.717, 1.165) is 0 Å². The standard InChI is InChI=1S/C9H10NO4S/c1-10(7-9(11)12)15(13,14)8-5-3-2-4-6-8/h2-7H,1H3,(H,11,12). The molecular weight excluding hydrogens is 218 g/mol. The highest BCUT2D eigenvalue weighted by atomic mass is 32.2. The first-order chi connectivity index (χ1) is 6.94. The van der Waals surface area contributed by atoms with Gasteiger partial charge in [-0.3, -0.25) is 4.79 Å². The molecule has 0 heterocycles. The maximum atomic E-state index is 11.7. The van der Waals surface area contributed by atoms with Gasteiger partial charge in [-0.2, -0.15) is 4.31 Å². The first-order valence-electron chi connectivity index (χ1n) is 4.05. The Hall–Kier alpha value is -1.40. The lowest BCUT2D eigenvalue weighted by Gasteiger charge is -2.13. The van der Waals surface area contributed by atoms with E-state index in [4.69, 9.17) is 5.11 Å². The minimum absolute atomic E-state index is 0.0602. The number of aliphatic carboxylic acids is 1. The molecule has 5 nitrogen and oxygen atoms in total. The fourth-order valence-corrected chi connectivity index (χ4v) is 2.05. The van der Waals surface area contributed by atoms with Crippen molar-refractivity contribution in [1.29, 1.82) is 0 Å². The van der Waals surface area contributed by atoms with Gasteiger partial charge >= 0.3 is 5.97 Å². The number of likely N-dealkylation sites (N-methyl/N-ethyl adjacent to an activating group) is 1. The average Bonchev–Trinajstić information content (AvgIpc) is 2.18. The number of hydrogen-bond acceptors (Lipinski definition) is 3. The van der Waals surface area contributed by atoms with Crippen molar-refractivity contribution in [3.05, 3.63) is 36.9 Å². The van der Waals surface area contributed by atoms with Crippen LogP contribution in [0.25, 0.3) is 0 Å². The number of benzene rings is 1. The van der Waals surface area contributed by atoms with Crippen LogP contribution < -0.4 is 0 Å². The fourth-order valence-electron chi connectivity index (χ4n) is 0.984. The molecule has 15 heavy (non-hydrogen) atoms. The molecule has 0 saturated carbocycles. The van der Waals surface area contributed by atoms with Crippen molar-refractivity contribution in [3.63, 3.8) is 0 Å². The van der Waals surface area contributed by atoms with Gasteiger partial charge in [0, 0.05) is 7.05 Å². The average molecular weight is 228 g/mol. The molecule has 0 unspecified atom stereocenters. The lowest BCUT2D eigenvalue weighted by molar-refractivity contribution is -0.134. The largest absolute Gasteiger partial charge is 0.480 e. The van der Waals surface area contributed by atoms with Gasteiger partial charge in [0.2, 0.25) is 10.0 Å². The third-order valence-corrected chi connectivity index (χ3v) is 3.44. The van der Waals surface area contributed by atoms with Gasteiger partial charge in [0.1, 0.15) is 6.54 Å². The molecule has 1 aromatic carbocycles. The lowest BCUT2D eigenvalue weighted by atomic mass is 10.4. The number of nitrogens with zero attached hydrogens (tertiary/aromatic N) is 1. The van der Waals surface area contributed by atoms with Gasteiger partial charge in [-0.1, -0.05) is 18.2 Å². The van der Waals surface area contributed by atoms with Crippen molar-refractivity contribution in [2.45, 2.75) is 4.90 Å². The molecule has 1 aromatic rings. The second kappa shape index (κ2) is 4.41. The van der Waals surface area contributed by atoms with Gasteiger partial charge < -0.3 is 5.11 Å². The smallest absolute Gasteiger partial charge is 0.324 e. The molecule has 0 spiro atoms. The SMILES string of the molecule is CN([CH]C(=O)O)S(=O)(=O)c1ccccc1. The van der Waals surface area contributed by atoms with Crippen molar-refractivity contribution in [3.8, 4) is 0 Å². The van der Waals surface area contributed by atoms with Gasteiger partial charge in [-0.05, 0) is 12.1 Å². The monoisotopic (exact) mass is 228 g/mol. The highest BCUT2D eigenvalue weighted by Crippen LogP contribution is 2.14.